The van der Waals surface area contributed by atoms with E-state index < -0.39 is 0 Å². The highest BCUT2D eigenvalue weighted by Gasteiger charge is 2.17. The van der Waals surface area contributed by atoms with Crippen molar-refractivity contribution in [2.75, 3.05) is 26.2 Å². The third-order valence-corrected chi connectivity index (χ3v) is 4.00. The van der Waals surface area contributed by atoms with E-state index in [2.05, 4.69) is 10.6 Å². The van der Waals surface area contributed by atoms with Crippen LogP contribution < -0.4 is 10.6 Å². The summed E-state index contributed by atoms with van der Waals surface area (Å²) in [5.74, 6) is -0.147. The number of nitrogens with one attached hydrogen (secondary N) is 2. The summed E-state index contributed by atoms with van der Waals surface area (Å²) < 4.78 is 0. The van der Waals surface area contributed by atoms with Crippen LogP contribution in [0, 0.1) is 0 Å². The second kappa shape index (κ2) is 9.70. The Balaban J connectivity index is 1.53. The molecule has 0 saturated carbocycles. The molecule has 0 unspecified atom stereocenters. The molecule has 1 aromatic rings. The highest BCUT2D eigenvalue weighted by Crippen LogP contribution is 2.08. The van der Waals surface area contributed by atoms with Gasteiger partial charge in [-0.05, 0) is 18.4 Å². The van der Waals surface area contributed by atoms with Crippen LogP contribution in [0.25, 0.3) is 0 Å². The second-order valence-electron chi connectivity index (χ2n) is 5.95. The van der Waals surface area contributed by atoms with Crippen LogP contribution in [0.4, 0.5) is 0 Å². The number of benzene rings is 1. The summed E-state index contributed by atoms with van der Waals surface area (Å²) in [4.78, 5) is 37.1. The van der Waals surface area contributed by atoms with Crippen molar-refractivity contribution in [3.8, 4) is 0 Å². The summed E-state index contributed by atoms with van der Waals surface area (Å²) in [7, 11) is 0. The minimum Gasteiger partial charge on any atom is -0.356 e. The molecule has 1 fully saturated rings. The predicted molar refractivity (Wildman–Crippen MR) is 91.2 cm³/mol. The van der Waals surface area contributed by atoms with Gasteiger partial charge in [0.15, 0.2) is 0 Å². The molecule has 1 aliphatic heterocycles. The van der Waals surface area contributed by atoms with E-state index in [1.165, 1.54) is 0 Å². The normalized spacial score (nSPS) is 13.6. The van der Waals surface area contributed by atoms with Gasteiger partial charge in [0.25, 0.3) is 0 Å². The standard InChI is InChI=1S/C18H25N3O3/c22-16(19-11-9-18(24)21-12-4-5-13-21)8-10-20-17(23)14-15-6-2-1-3-7-15/h1-3,6-7H,4-5,8-14H2,(H,19,22)(H,20,23). The van der Waals surface area contributed by atoms with E-state index in [1.807, 2.05) is 35.2 Å². The molecule has 1 saturated heterocycles. The van der Waals surface area contributed by atoms with Crippen LogP contribution in [0.5, 0.6) is 0 Å². The van der Waals surface area contributed by atoms with Gasteiger partial charge in [0, 0.05) is 39.0 Å². The molecule has 1 aliphatic rings. The van der Waals surface area contributed by atoms with Gasteiger partial charge in [0.2, 0.25) is 17.7 Å². The van der Waals surface area contributed by atoms with Crippen molar-refractivity contribution < 1.29 is 14.4 Å². The van der Waals surface area contributed by atoms with Crippen molar-refractivity contribution in [1.29, 1.82) is 0 Å². The fourth-order valence-electron chi connectivity index (χ4n) is 2.68. The zero-order valence-corrected chi connectivity index (χ0v) is 13.9. The quantitative estimate of drug-likeness (QED) is 0.742. The van der Waals surface area contributed by atoms with E-state index in [9.17, 15) is 14.4 Å². The highest BCUT2D eigenvalue weighted by atomic mass is 16.2. The van der Waals surface area contributed by atoms with Crippen molar-refractivity contribution in [3.63, 3.8) is 0 Å². The maximum atomic E-state index is 11.8. The van der Waals surface area contributed by atoms with Gasteiger partial charge in [0.1, 0.15) is 0 Å². The molecule has 3 amide bonds. The lowest BCUT2D eigenvalue weighted by atomic mass is 10.1. The molecule has 0 aromatic heterocycles. The van der Waals surface area contributed by atoms with Gasteiger partial charge in [-0.1, -0.05) is 30.3 Å². The van der Waals surface area contributed by atoms with E-state index in [0.717, 1.165) is 31.5 Å². The van der Waals surface area contributed by atoms with E-state index in [4.69, 9.17) is 0 Å². The van der Waals surface area contributed by atoms with Crippen molar-refractivity contribution >= 4 is 17.7 Å². The number of rotatable bonds is 8. The zero-order chi connectivity index (χ0) is 17.2. The summed E-state index contributed by atoms with van der Waals surface area (Å²) in [5.41, 5.74) is 0.944. The first kappa shape index (κ1) is 18.0. The van der Waals surface area contributed by atoms with Gasteiger partial charge in [-0.15, -0.1) is 0 Å². The lowest BCUT2D eigenvalue weighted by Gasteiger charge is -2.15. The molecule has 0 bridgehead atoms. The maximum Gasteiger partial charge on any atom is 0.224 e. The summed E-state index contributed by atoms with van der Waals surface area (Å²) in [6.45, 7) is 2.32. The molecule has 0 spiro atoms. The molecule has 0 aliphatic carbocycles. The Morgan fingerprint density at radius 3 is 2.21 bits per heavy atom. The Hall–Kier alpha value is -2.37. The van der Waals surface area contributed by atoms with Gasteiger partial charge in [-0.2, -0.15) is 0 Å². The van der Waals surface area contributed by atoms with Gasteiger partial charge < -0.3 is 15.5 Å². The maximum absolute atomic E-state index is 11.8. The number of amides is 3. The molecule has 6 nitrogen and oxygen atoms in total. The second-order valence-corrected chi connectivity index (χ2v) is 5.95. The first-order valence-corrected chi connectivity index (χ1v) is 8.50. The Morgan fingerprint density at radius 2 is 1.50 bits per heavy atom. The van der Waals surface area contributed by atoms with Gasteiger partial charge in [-0.25, -0.2) is 0 Å². The number of carbonyl (C=O) groups is 3. The SMILES string of the molecule is O=C(CCNC(=O)Cc1ccccc1)NCCC(=O)N1CCCC1. The van der Waals surface area contributed by atoms with Gasteiger partial charge in [-0.3, -0.25) is 14.4 Å². The van der Waals surface area contributed by atoms with E-state index in [0.29, 0.717) is 25.9 Å². The minimum absolute atomic E-state index is 0.0989. The molecule has 6 heteroatoms. The smallest absolute Gasteiger partial charge is 0.224 e. The van der Waals surface area contributed by atoms with Gasteiger partial charge in [0.05, 0.1) is 6.42 Å². The third kappa shape index (κ3) is 6.40. The Morgan fingerprint density at radius 1 is 0.875 bits per heavy atom. The van der Waals surface area contributed by atoms with Crippen LogP contribution in [0.15, 0.2) is 30.3 Å². The van der Waals surface area contributed by atoms with Crippen LogP contribution >= 0.6 is 0 Å². The average Bonchev–Trinajstić information content (AvgIpc) is 3.10. The van der Waals surface area contributed by atoms with Crippen molar-refractivity contribution in [2.45, 2.75) is 32.1 Å². The van der Waals surface area contributed by atoms with E-state index >= 15 is 0 Å². The number of hydrogen-bond donors (Lipinski definition) is 2. The number of carbonyl (C=O) groups excluding carboxylic acids is 3. The molecule has 0 atom stereocenters. The minimum atomic E-state index is -0.149. The lowest BCUT2D eigenvalue weighted by molar-refractivity contribution is -0.130. The molecule has 1 heterocycles. The fourth-order valence-corrected chi connectivity index (χ4v) is 2.68. The van der Waals surface area contributed by atoms with Crippen molar-refractivity contribution in [1.82, 2.24) is 15.5 Å². The fraction of sp³-hybridized carbons (Fsp3) is 0.500. The summed E-state index contributed by atoms with van der Waals surface area (Å²) in [5, 5.41) is 5.45. The number of hydrogen-bond acceptors (Lipinski definition) is 3. The Bertz CT molecular complexity index is 554. The van der Waals surface area contributed by atoms with Crippen molar-refractivity contribution in [3.05, 3.63) is 35.9 Å². The molecule has 2 N–H and O–H groups in total. The topological polar surface area (TPSA) is 78.5 Å². The van der Waals surface area contributed by atoms with E-state index in [-0.39, 0.29) is 24.1 Å². The van der Waals surface area contributed by atoms with Crippen LogP contribution in [-0.4, -0.2) is 48.8 Å². The molecule has 0 radical (unpaired) electrons. The van der Waals surface area contributed by atoms with Crippen LogP contribution in [0.2, 0.25) is 0 Å². The zero-order valence-electron chi connectivity index (χ0n) is 13.9. The Labute approximate surface area is 142 Å². The van der Waals surface area contributed by atoms with Gasteiger partial charge >= 0.3 is 0 Å². The molecular formula is C18H25N3O3. The summed E-state index contributed by atoms with van der Waals surface area (Å²) >= 11 is 0. The largest absolute Gasteiger partial charge is 0.356 e. The average molecular weight is 331 g/mol. The predicted octanol–water partition coefficient (Wildman–Crippen LogP) is 0.864. The molecule has 130 valence electrons. The van der Waals surface area contributed by atoms with E-state index in [1.54, 1.807) is 0 Å². The number of likely N-dealkylation sites (tertiary alicyclic amines) is 1. The molecular weight excluding hydrogens is 306 g/mol. The monoisotopic (exact) mass is 331 g/mol. The summed E-state index contributed by atoms with van der Waals surface area (Å²) in [6, 6.07) is 9.46. The molecule has 2 rings (SSSR count). The first-order valence-electron chi connectivity index (χ1n) is 8.50. The molecule has 1 aromatic carbocycles. The highest BCUT2D eigenvalue weighted by molar-refractivity contribution is 5.81. The number of nitrogens with zero attached hydrogens (tertiary/aromatic N) is 1. The van der Waals surface area contributed by atoms with Crippen molar-refractivity contribution in [2.24, 2.45) is 0 Å². The van der Waals surface area contributed by atoms with Crippen LogP contribution in [0.3, 0.4) is 0 Å². The first-order chi connectivity index (χ1) is 11.6. The molecule has 24 heavy (non-hydrogen) atoms. The lowest BCUT2D eigenvalue weighted by Crippen LogP contribution is -2.34. The van der Waals surface area contributed by atoms with Crippen LogP contribution in [-0.2, 0) is 20.8 Å². The van der Waals surface area contributed by atoms with Crippen LogP contribution in [0.1, 0.15) is 31.2 Å². The summed E-state index contributed by atoms with van der Waals surface area (Å²) in [6.07, 6.45) is 3.01. The Kier molecular flexibility index (Phi) is 7.26. The third-order valence-electron chi connectivity index (χ3n) is 4.00.